The summed E-state index contributed by atoms with van der Waals surface area (Å²) < 4.78 is 43.2. The lowest BCUT2D eigenvalue weighted by molar-refractivity contribution is -0.147. The zero-order chi connectivity index (χ0) is 19.5. The van der Waals surface area contributed by atoms with Crippen LogP contribution < -0.4 is 4.90 Å². The summed E-state index contributed by atoms with van der Waals surface area (Å²) in [6.45, 7) is 0.469. The lowest BCUT2D eigenvalue weighted by atomic mass is 10.3. The SMILES string of the molecule is O=C(Cn1c(C(F)(F)F)nc2ccccc21)N1CCn2c1nc1ccccc12. The first-order chi connectivity index (χ1) is 13.4. The number of aromatic nitrogens is 4. The average Bonchev–Trinajstić information content (AvgIpc) is 3.33. The summed E-state index contributed by atoms with van der Waals surface area (Å²) in [5.74, 6) is -1.07. The maximum Gasteiger partial charge on any atom is 0.449 e. The van der Waals surface area contributed by atoms with Gasteiger partial charge in [-0.25, -0.2) is 9.97 Å². The van der Waals surface area contributed by atoms with Crippen LogP contribution in [0.2, 0.25) is 0 Å². The number of hydrogen-bond donors (Lipinski definition) is 0. The van der Waals surface area contributed by atoms with Gasteiger partial charge in [0.2, 0.25) is 17.7 Å². The molecule has 9 heteroatoms. The highest BCUT2D eigenvalue weighted by Crippen LogP contribution is 2.32. The maximum atomic E-state index is 13.5. The van der Waals surface area contributed by atoms with Crippen molar-refractivity contribution in [2.75, 3.05) is 11.4 Å². The number of alkyl halides is 3. The van der Waals surface area contributed by atoms with Gasteiger partial charge in [-0.3, -0.25) is 9.69 Å². The van der Waals surface area contributed by atoms with Gasteiger partial charge in [0.1, 0.15) is 6.54 Å². The zero-order valence-corrected chi connectivity index (χ0v) is 14.5. The molecule has 28 heavy (non-hydrogen) atoms. The molecule has 0 fully saturated rings. The van der Waals surface area contributed by atoms with Crippen molar-refractivity contribution in [2.24, 2.45) is 0 Å². The molecule has 2 aromatic carbocycles. The van der Waals surface area contributed by atoms with Crippen molar-refractivity contribution in [3.63, 3.8) is 0 Å². The summed E-state index contributed by atoms with van der Waals surface area (Å²) in [4.78, 5) is 22.5. The third kappa shape index (κ3) is 2.46. The Kier molecular flexibility index (Phi) is 3.49. The molecule has 6 nitrogen and oxygen atoms in total. The molecule has 1 aliphatic heterocycles. The first-order valence-electron chi connectivity index (χ1n) is 8.71. The Morgan fingerprint density at radius 3 is 2.29 bits per heavy atom. The van der Waals surface area contributed by atoms with E-state index in [-0.39, 0.29) is 11.0 Å². The summed E-state index contributed by atoms with van der Waals surface area (Å²) >= 11 is 0. The minimum absolute atomic E-state index is 0.205. The second-order valence-electron chi connectivity index (χ2n) is 6.61. The van der Waals surface area contributed by atoms with E-state index in [9.17, 15) is 18.0 Å². The second-order valence-corrected chi connectivity index (χ2v) is 6.61. The monoisotopic (exact) mass is 385 g/mol. The molecular weight excluding hydrogens is 371 g/mol. The summed E-state index contributed by atoms with van der Waals surface area (Å²) in [7, 11) is 0. The Balaban J connectivity index is 1.54. The number of para-hydroxylation sites is 4. The lowest BCUT2D eigenvalue weighted by Crippen LogP contribution is -2.33. The molecule has 5 rings (SSSR count). The van der Waals surface area contributed by atoms with E-state index in [1.807, 2.05) is 28.8 Å². The van der Waals surface area contributed by atoms with Gasteiger partial charge in [0.05, 0.1) is 22.1 Å². The molecule has 142 valence electrons. The summed E-state index contributed by atoms with van der Waals surface area (Å²) in [6, 6.07) is 13.8. The molecule has 4 aromatic rings. The van der Waals surface area contributed by atoms with Gasteiger partial charge < -0.3 is 9.13 Å². The van der Waals surface area contributed by atoms with E-state index < -0.39 is 24.5 Å². The molecule has 1 amide bonds. The quantitative estimate of drug-likeness (QED) is 0.531. The molecule has 0 spiro atoms. The van der Waals surface area contributed by atoms with E-state index in [0.29, 0.717) is 19.0 Å². The van der Waals surface area contributed by atoms with Gasteiger partial charge in [-0.05, 0) is 24.3 Å². The first-order valence-corrected chi connectivity index (χ1v) is 8.71. The number of rotatable bonds is 2. The van der Waals surface area contributed by atoms with Crippen LogP contribution in [0.25, 0.3) is 22.1 Å². The number of amides is 1. The van der Waals surface area contributed by atoms with Crippen LogP contribution in [-0.4, -0.2) is 31.6 Å². The van der Waals surface area contributed by atoms with E-state index in [0.717, 1.165) is 15.6 Å². The smallest absolute Gasteiger partial charge is 0.311 e. The average molecular weight is 385 g/mol. The van der Waals surface area contributed by atoms with Gasteiger partial charge in [-0.2, -0.15) is 13.2 Å². The predicted octanol–water partition coefficient (Wildman–Crippen LogP) is 3.45. The number of carbonyl (C=O) groups excluding carboxylic acids is 1. The van der Waals surface area contributed by atoms with Gasteiger partial charge in [0.15, 0.2) is 0 Å². The molecule has 0 saturated carbocycles. The Hall–Kier alpha value is -3.36. The molecule has 0 N–H and O–H groups in total. The Labute approximate surface area is 156 Å². The normalized spacial score (nSPS) is 14.2. The number of benzene rings is 2. The third-order valence-corrected chi connectivity index (χ3v) is 4.93. The molecule has 0 saturated heterocycles. The molecule has 3 heterocycles. The predicted molar refractivity (Wildman–Crippen MR) is 96.8 cm³/mol. The van der Waals surface area contributed by atoms with Crippen molar-refractivity contribution >= 4 is 33.9 Å². The number of nitrogens with zero attached hydrogens (tertiary/aromatic N) is 5. The minimum atomic E-state index is -4.66. The molecular formula is C19H14F3N5O. The number of imidazole rings is 2. The van der Waals surface area contributed by atoms with Crippen LogP contribution >= 0.6 is 0 Å². The van der Waals surface area contributed by atoms with Gasteiger partial charge in [0.25, 0.3) is 0 Å². The van der Waals surface area contributed by atoms with Crippen molar-refractivity contribution in [2.45, 2.75) is 19.3 Å². The van der Waals surface area contributed by atoms with Crippen LogP contribution in [0.3, 0.4) is 0 Å². The molecule has 1 aliphatic rings. The Bertz CT molecular complexity index is 1220. The van der Waals surface area contributed by atoms with E-state index in [1.165, 1.54) is 17.0 Å². The van der Waals surface area contributed by atoms with Crippen LogP contribution in [0.15, 0.2) is 48.5 Å². The van der Waals surface area contributed by atoms with Crippen molar-refractivity contribution in [3.8, 4) is 0 Å². The highest BCUT2D eigenvalue weighted by Gasteiger charge is 2.39. The van der Waals surface area contributed by atoms with Crippen molar-refractivity contribution in [1.82, 2.24) is 19.1 Å². The van der Waals surface area contributed by atoms with Gasteiger partial charge in [0, 0.05) is 13.1 Å². The number of halogens is 3. The van der Waals surface area contributed by atoms with E-state index in [4.69, 9.17) is 0 Å². The number of carbonyl (C=O) groups is 1. The largest absolute Gasteiger partial charge is 0.449 e. The fourth-order valence-corrected chi connectivity index (χ4v) is 3.70. The molecule has 0 aliphatic carbocycles. The van der Waals surface area contributed by atoms with Gasteiger partial charge in [-0.1, -0.05) is 24.3 Å². The van der Waals surface area contributed by atoms with E-state index >= 15 is 0 Å². The highest BCUT2D eigenvalue weighted by molar-refractivity contribution is 5.95. The molecule has 0 radical (unpaired) electrons. The van der Waals surface area contributed by atoms with Crippen LogP contribution in [0, 0.1) is 0 Å². The first kappa shape index (κ1) is 16.8. The molecule has 0 bridgehead atoms. The fourth-order valence-electron chi connectivity index (χ4n) is 3.70. The van der Waals surface area contributed by atoms with Crippen LogP contribution in [-0.2, 0) is 24.1 Å². The van der Waals surface area contributed by atoms with Gasteiger partial charge >= 0.3 is 6.18 Å². The standard InChI is InChI=1S/C19H14F3N5O/c20-19(21,22)17-23-12-5-1-4-8-15(12)27(17)11-16(28)26-10-9-25-14-7-3-2-6-13(14)24-18(25)26/h1-8H,9-11H2. The van der Waals surface area contributed by atoms with Crippen molar-refractivity contribution in [3.05, 3.63) is 54.4 Å². The van der Waals surface area contributed by atoms with Crippen LogP contribution in [0.5, 0.6) is 0 Å². The zero-order valence-electron chi connectivity index (χ0n) is 14.5. The summed E-state index contributed by atoms with van der Waals surface area (Å²) in [5, 5.41) is 0. The van der Waals surface area contributed by atoms with E-state index in [1.54, 1.807) is 12.1 Å². The highest BCUT2D eigenvalue weighted by atomic mass is 19.4. The van der Waals surface area contributed by atoms with Gasteiger partial charge in [-0.15, -0.1) is 0 Å². The maximum absolute atomic E-state index is 13.5. The van der Waals surface area contributed by atoms with Crippen molar-refractivity contribution < 1.29 is 18.0 Å². The number of fused-ring (bicyclic) bond motifs is 4. The third-order valence-electron chi connectivity index (χ3n) is 4.93. The Morgan fingerprint density at radius 1 is 0.929 bits per heavy atom. The Morgan fingerprint density at radius 2 is 1.57 bits per heavy atom. The summed E-state index contributed by atoms with van der Waals surface area (Å²) in [6.07, 6.45) is -4.66. The molecule has 0 unspecified atom stereocenters. The summed E-state index contributed by atoms with van der Waals surface area (Å²) in [5.41, 5.74) is 2.13. The van der Waals surface area contributed by atoms with Crippen LogP contribution in [0.4, 0.5) is 19.1 Å². The fraction of sp³-hybridized carbons (Fsp3) is 0.211. The number of hydrogen-bond acceptors (Lipinski definition) is 3. The second kappa shape index (κ2) is 5.82. The van der Waals surface area contributed by atoms with E-state index in [2.05, 4.69) is 9.97 Å². The lowest BCUT2D eigenvalue weighted by Gasteiger charge is -2.16. The van der Waals surface area contributed by atoms with Crippen LogP contribution in [0.1, 0.15) is 5.82 Å². The molecule has 2 aromatic heterocycles. The minimum Gasteiger partial charge on any atom is -0.311 e. The van der Waals surface area contributed by atoms with Crippen molar-refractivity contribution in [1.29, 1.82) is 0 Å². The molecule has 0 atom stereocenters. The number of anilines is 1. The topological polar surface area (TPSA) is 56.0 Å².